The Morgan fingerprint density at radius 1 is 0.515 bits per heavy atom. The summed E-state index contributed by atoms with van der Waals surface area (Å²) in [5.74, 6) is 0. The number of para-hydroxylation sites is 2. The van der Waals surface area contributed by atoms with Crippen molar-refractivity contribution in [2.75, 3.05) is 5.32 Å². The van der Waals surface area contributed by atoms with Crippen LogP contribution in [0.25, 0.3) is 93.6 Å². The zero-order chi connectivity index (χ0) is 46.4. The van der Waals surface area contributed by atoms with Crippen LogP contribution in [0.1, 0.15) is 103 Å². The van der Waals surface area contributed by atoms with Gasteiger partial charge in [0.1, 0.15) is 22.3 Å². The summed E-state index contributed by atoms with van der Waals surface area (Å²) < 4.78 is 15.7. The standard InChI is InChI=1S/C63H54BN2O2/c1-60(2,3)34-18-20-35(21-19-34)65-51-32-47-40(41-27-48-49(31-46(41)63(47,8)9)62(6,7)25-24-61(48,4)5)26-42(51)38-22-23-39-43-30-56-44(36-14-10-12-16-54(36)67-56)28-52(43)66-53-29-45-37-15-11-13-17-55(37)68-57(45)33-50(53)64-58(38)59(39)66/h10-23,26-33,65H,24-25H2,1-9H3. The summed E-state index contributed by atoms with van der Waals surface area (Å²) in [6.45, 7) is 21.5. The van der Waals surface area contributed by atoms with E-state index in [1.165, 1.54) is 84.7 Å². The first-order valence-electron chi connectivity index (χ1n) is 24.5. The molecule has 0 saturated heterocycles. The Kier molecular flexibility index (Phi) is 7.77. The molecule has 2 aliphatic carbocycles. The topological polar surface area (TPSA) is 43.2 Å². The highest BCUT2D eigenvalue weighted by Crippen LogP contribution is 2.56. The van der Waals surface area contributed by atoms with Crippen LogP contribution in [0.15, 0.2) is 142 Å². The Labute approximate surface area is 398 Å². The van der Waals surface area contributed by atoms with Crippen LogP contribution >= 0.6 is 0 Å². The van der Waals surface area contributed by atoms with E-state index < -0.39 is 0 Å². The molecule has 0 spiro atoms. The molecule has 3 aliphatic rings. The quantitative estimate of drug-likeness (QED) is 0.180. The molecule has 5 heteroatoms. The molecule has 4 heterocycles. The fourth-order valence-corrected chi connectivity index (χ4v) is 12.6. The number of fused-ring (bicyclic) bond motifs is 15. The number of hydrogen-bond acceptors (Lipinski definition) is 3. The first kappa shape index (κ1) is 40.1. The van der Waals surface area contributed by atoms with Gasteiger partial charge < -0.3 is 18.7 Å². The number of anilines is 2. The zero-order valence-corrected chi connectivity index (χ0v) is 40.5. The molecule has 14 rings (SSSR count). The highest BCUT2D eigenvalue weighted by atomic mass is 16.3. The molecule has 0 amide bonds. The van der Waals surface area contributed by atoms with Crippen molar-refractivity contribution in [3.8, 4) is 27.9 Å². The summed E-state index contributed by atoms with van der Waals surface area (Å²) in [5, 5.41) is 10.9. The fraction of sp³-hybridized carbons (Fsp3) is 0.238. The van der Waals surface area contributed by atoms with Gasteiger partial charge in [0.05, 0.1) is 5.52 Å². The lowest BCUT2D eigenvalue weighted by molar-refractivity contribution is 0.331. The average Bonchev–Trinajstić information content (AvgIpc) is 4.02. The minimum absolute atomic E-state index is 0.0572. The van der Waals surface area contributed by atoms with Crippen molar-refractivity contribution >= 4 is 95.3 Å². The lowest BCUT2D eigenvalue weighted by Crippen LogP contribution is -2.37. The van der Waals surface area contributed by atoms with E-state index in [4.69, 9.17) is 8.83 Å². The second-order valence-corrected chi connectivity index (χ2v) is 23.1. The predicted molar refractivity (Wildman–Crippen MR) is 287 cm³/mol. The van der Waals surface area contributed by atoms with Gasteiger partial charge in [-0.2, -0.15) is 0 Å². The van der Waals surface area contributed by atoms with E-state index >= 15 is 0 Å². The highest BCUT2D eigenvalue weighted by Gasteiger charge is 2.43. The van der Waals surface area contributed by atoms with Gasteiger partial charge in [0.2, 0.25) is 0 Å². The monoisotopic (exact) mass is 881 g/mol. The fourth-order valence-electron chi connectivity index (χ4n) is 12.6. The SMILES string of the molecule is CC(C)(C)c1ccc(Nc2cc3c(cc2-c2ccc4c5cc6oc7ccccc7c6cc5n5c4c2[B]c2cc4oc6ccccc6c4cc2-5)-c2cc4c(cc2C3(C)C)C(C)(C)CCC4(C)C)cc1. The molecular weight excluding hydrogens is 828 g/mol. The van der Waals surface area contributed by atoms with Gasteiger partial charge in [-0.3, -0.25) is 0 Å². The molecule has 0 saturated carbocycles. The number of benzene rings is 8. The summed E-state index contributed by atoms with van der Waals surface area (Å²) in [6, 6.07) is 50.0. The normalized spacial score (nSPS) is 16.4. The van der Waals surface area contributed by atoms with Gasteiger partial charge in [0.15, 0.2) is 7.28 Å². The molecular formula is C63H54BN2O2. The Hall–Kier alpha value is -6.98. The zero-order valence-electron chi connectivity index (χ0n) is 40.5. The van der Waals surface area contributed by atoms with Crippen molar-refractivity contribution in [2.45, 2.75) is 96.8 Å². The Bertz CT molecular complexity index is 4030. The minimum Gasteiger partial charge on any atom is -0.456 e. The molecule has 11 aromatic rings. The maximum absolute atomic E-state index is 6.59. The summed E-state index contributed by atoms with van der Waals surface area (Å²) in [7, 11) is 2.42. The molecule has 1 aliphatic heterocycles. The molecule has 1 radical (unpaired) electrons. The second-order valence-electron chi connectivity index (χ2n) is 23.1. The third kappa shape index (κ3) is 5.45. The second kappa shape index (κ2) is 13.2. The molecule has 0 bridgehead atoms. The molecule has 0 unspecified atom stereocenters. The Morgan fingerprint density at radius 2 is 1.13 bits per heavy atom. The van der Waals surface area contributed by atoms with E-state index in [0.717, 1.165) is 71.9 Å². The van der Waals surface area contributed by atoms with E-state index in [1.807, 2.05) is 0 Å². The molecule has 0 fully saturated rings. The Morgan fingerprint density at radius 3 is 1.82 bits per heavy atom. The van der Waals surface area contributed by atoms with Crippen LogP contribution in [0.4, 0.5) is 11.4 Å². The third-order valence-corrected chi connectivity index (χ3v) is 16.6. The molecule has 8 aromatic carbocycles. The summed E-state index contributed by atoms with van der Waals surface area (Å²) in [6.07, 6.45) is 2.37. The summed E-state index contributed by atoms with van der Waals surface area (Å²) in [4.78, 5) is 0. The number of rotatable bonds is 3. The van der Waals surface area contributed by atoms with E-state index in [-0.39, 0.29) is 21.7 Å². The smallest absolute Gasteiger partial charge is 0.198 e. The molecule has 331 valence electrons. The van der Waals surface area contributed by atoms with Crippen molar-refractivity contribution in [3.05, 3.63) is 161 Å². The van der Waals surface area contributed by atoms with Gasteiger partial charge in [0, 0.05) is 65.9 Å². The number of aromatic nitrogens is 1. The summed E-state index contributed by atoms with van der Waals surface area (Å²) >= 11 is 0. The molecule has 3 aromatic heterocycles. The maximum atomic E-state index is 6.59. The van der Waals surface area contributed by atoms with Gasteiger partial charge in [-0.05, 0) is 146 Å². The van der Waals surface area contributed by atoms with Crippen molar-refractivity contribution in [1.82, 2.24) is 4.57 Å². The van der Waals surface area contributed by atoms with Gasteiger partial charge in [-0.15, -0.1) is 0 Å². The van der Waals surface area contributed by atoms with E-state index in [0.29, 0.717) is 0 Å². The van der Waals surface area contributed by atoms with Crippen molar-refractivity contribution < 1.29 is 8.83 Å². The van der Waals surface area contributed by atoms with Crippen LogP contribution < -0.4 is 16.2 Å². The van der Waals surface area contributed by atoms with Gasteiger partial charge in [-0.1, -0.05) is 135 Å². The van der Waals surface area contributed by atoms with Crippen LogP contribution in [0.5, 0.6) is 0 Å². The molecule has 0 atom stereocenters. The highest BCUT2D eigenvalue weighted by molar-refractivity contribution is 6.73. The van der Waals surface area contributed by atoms with Crippen LogP contribution in [-0.4, -0.2) is 11.8 Å². The maximum Gasteiger partial charge on any atom is 0.198 e. The van der Waals surface area contributed by atoms with Crippen LogP contribution in [0.2, 0.25) is 0 Å². The van der Waals surface area contributed by atoms with Gasteiger partial charge >= 0.3 is 0 Å². The lowest BCUT2D eigenvalue weighted by Gasteiger charge is -2.42. The van der Waals surface area contributed by atoms with E-state index in [9.17, 15) is 0 Å². The van der Waals surface area contributed by atoms with Crippen LogP contribution in [-0.2, 0) is 21.7 Å². The first-order valence-corrected chi connectivity index (χ1v) is 24.5. The van der Waals surface area contributed by atoms with Gasteiger partial charge in [0.25, 0.3) is 0 Å². The van der Waals surface area contributed by atoms with Gasteiger partial charge in [-0.25, -0.2) is 0 Å². The molecule has 68 heavy (non-hydrogen) atoms. The van der Waals surface area contributed by atoms with Crippen molar-refractivity contribution in [2.24, 2.45) is 0 Å². The molecule has 1 N–H and O–H groups in total. The van der Waals surface area contributed by atoms with E-state index in [1.54, 1.807) is 0 Å². The number of nitrogens with one attached hydrogen (secondary N) is 1. The lowest BCUT2D eigenvalue weighted by atomic mass is 9.59. The predicted octanol–water partition coefficient (Wildman–Crippen LogP) is 15.9. The molecule has 4 nitrogen and oxygen atoms in total. The Balaban J connectivity index is 1.06. The van der Waals surface area contributed by atoms with Crippen molar-refractivity contribution in [1.29, 1.82) is 0 Å². The number of hydrogen-bond donors (Lipinski definition) is 1. The van der Waals surface area contributed by atoms with E-state index in [2.05, 4.69) is 213 Å². The van der Waals surface area contributed by atoms with Crippen LogP contribution in [0, 0.1) is 0 Å². The number of nitrogens with zero attached hydrogens (tertiary/aromatic N) is 1. The third-order valence-electron chi connectivity index (χ3n) is 16.6. The van der Waals surface area contributed by atoms with Crippen LogP contribution in [0.3, 0.4) is 0 Å². The first-order chi connectivity index (χ1) is 32.5. The summed E-state index contributed by atoms with van der Waals surface area (Å²) in [5.41, 5.74) is 23.9. The average molecular weight is 882 g/mol. The largest absolute Gasteiger partial charge is 0.456 e. The van der Waals surface area contributed by atoms with Crippen molar-refractivity contribution in [3.63, 3.8) is 0 Å². The minimum atomic E-state index is -0.197. The number of furan rings is 2.